The van der Waals surface area contributed by atoms with E-state index in [1.54, 1.807) is 25.7 Å². The maximum Gasteiger partial charge on any atom is -0.0386 e. The highest BCUT2D eigenvalue weighted by molar-refractivity contribution is 4.79. The van der Waals surface area contributed by atoms with Crippen LogP contribution in [-0.2, 0) is 0 Å². The van der Waals surface area contributed by atoms with Gasteiger partial charge in [0.15, 0.2) is 0 Å². The van der Waals surface area contributed by atoms with Crippen molar-refractivity contribution in [2.45, 2.75) is 114 Å². The number of hydrogen-bond acceptors (Lipinski definition) is 0. The topological polar surface area (TPSA) is 0 Å². The Morgan fingerprint density at radius 1 is 0.450 bits per heavy atom. The Balaban J connectivity index is -0.000000314. The first-order valence-electron chi connectivity index (χ1n) is 9.86. The van der Waals surface area contributed by atoms with Crippen LogP contribution >= 0.6 is 0 Å². The lowest BCUT2D eigenvalue weighted by Gasteiger charge is -2.30. The largest absolute Gasteiger partial charge is 0.0683 e. The molecule has 0 heterocycles. The van der Waals surface area contributed by atoms with Crippen molar-refractivity contribution < 1.29 is 0 Å². The van der Waals surface area contributed by atoms with E-state index < -0.39 is 0 Å². The number of rotatable bonds is 1. The van der Waals surface area contributed by atoms with Gasteiger partial charge in [-0.3, -0.25) is 0 Å². The lowest BCUT2D eigenvalue weighted by atomic mass is 9.76. The normalized spacial score (nSPS) is 24.4. The van der Waals surface area contributed by atoms with Crippen LogP contribution in [0.2, 0.25) is 0 Å². The minimum Gasteiger partial charge on any atom is -0.0683 e. The molecule has 0 nitrogen and oxygen atoms in total. The first-order valence-corrected chi connectivity index (χ1v) is 9.86. The maximum absolute atomic E-state index is 2.42. The lowest BCUT2D eigenvalue weighted by molar-refractivity contribution is 0.215. The van der Waals surface area contributed by atoms with E-state index >= 15 is 0 Å². The molecule has 2 aliphatic carbocycles. The van der Waals surface area contributed by atoms with Crippen LogP contribution in [0.25, 0.3) is 0 Å². The summed E-state index contributed by atoms with van der Waals surface area (Å²) in [6.07, 6.45) is 12.3. The third kappa shape index (κ3) is 11.8. The second kappa shape index (κ2) is 21.3. The molecule has 0 aliphatic heterocycles. The summed E-state index contributed by atoms with van der Waals surface area (Å²) < 4.78 is 0. The SMILES string of the molecule is CC.CC.CC.CC.CC1CCC(C2CCCC2)CC1. The van der Waals surface area contributed by atoms with Crippen LogP contribution in [-0.4, -0.2) is 0 Å². The Kier molecular flexibility index (Phi) is 26.6. The molecule has 0 N–H and O–H groups in total. The zero-order valence-corrected chi connectivity index (χ0v) is 16.4. The summed E-state index contributed by atoms with van der Waals surface area (Å²) in [7, 11) is 0. The monoisotopic (exact) mass is 286 g/mol. The Hall–Kier alpha value is 0. The van der Waals surface area contributed by atoms with Gasteiger partial charge in [0.25, 0.3) is 0 Å². The summed E-state index contributed by atoms with van der Waals surface area (Å²) in [5.74, 6) is 3.30. The van der Waals surface area contributed by atoms with E-state index in [1.807, 2.05) is 55.4 Å². The average molecular weight is 287 g/mol. The third-order valence-electron chi connectivity index (χ3n) is 4.13. The first-order chi connectivity index (χ1) is 9.86. The highest BCUT2D eigenvalue weighted by Gasteiger charge is 2.27. The molecule has 0 aromatic rings. The summed E-state index contributed by atoms with van der Waals surface area (Å²) in [6.45, 7) is 18.4. The zero-order chi connectivity index (χ0) is 16.4. The number of hydrogen-bond donors (Lipinski definition) is 0. The Labute approximate surface area is 132 Å². The van der Waals surface area contributed by atoms with E-state index in [9.17, 15) is 0 Å². The molecule has 2 fully saturated rings. The summed E-state index contributed by atoms with van der Waals surface area (Å²) in [5, 5.41) is 0. The van der Waals surface area contributed by atoms with Gasteiger partial charge in [0, 0.05) is 0 Å². The summed E-state index contributed by atoms with van der Waals surface area (Å²) in [6, 6.07) is 0. The van der Waals surface area contributed by atoms with Gasteiger partial charge in [0.1, 0.15) is 0 Å². The molecule has 0 saturated heterocycles. The second-order valence-electron chi connectivity index (χ2n) is 5.06. The van der Waals surface area contributed by atoms with E-state index in [0.29, 0.717) is 0 Å². The predicted octanol–water partition coefficient (Wildman–Crippen LogP) is 8.11. The molecule has 2 aliphatic rings. The summed E-state index contributed by atoms with van der Waals surface area (Å²) in [5.41, 5.74) is 0. The van der Waals surface area contributed by atoms with Gasteiger partial charge in [-0.1, -0.05) is 101 Å². The van der Waals surface area contributed by atoms with Crippen molar-refractivity contribution in [3.8, 4) is 0 Å². The van der Waals surface area contributed by atoms with Crippen LogP contribution in [0.1, 0.15) is 114 Å². The maximum atomic E-state index is 2.42. The van der Waals surface area contributed by atoms with Gasteiger partial charge < -0.3 is 0 Å². The smallest absolute Gasteiger partial charge is 0.0386 e. The van der Waals surface area contributed by atoms with Crippen molar-refractivity contribution in [3.05, 3.63) is 0 Å². The molecule has 0 amide bonds. The molecule has 0 aromatic carbocycles. The van der Waals surface area contributed by atoms with E-state index in [0.717, 1.165) is 17.8 Å². The predicted molar refractivity (Wildman–Crippen MR) is 98.5 cm³/mol. The standard InChI is InChI=1S/C12H22.4C2H6/c1-10-6-8-12(9-7-10)11-4-2-3-5-11;4*1-2/h10-12H,2-9H2,1H3;4*1-2H3. The van der Waals surface area contributed by atoms with Crippen LogP contribution in [0.15, 0.2) is 0 Å². The highest BCUT2D eigenvalue weighted by atomic mass is 14.3. The van der Waals surface area contributed by atoms with Crippen LogP contribution in [0.5, 0.6) is 0 Å². The Bertz CT molecular complexity index is 125. The molecule has 0 bridgehead atoms. The molecule has 126 valence electrons. The van der Waals surface area contributed by atoms with Crippen molar-refractivity contribution in [1.82, 2.24) is 0 Å². The molecule has 20 heavy (non-hydrogen) atoms. The van der Waals surface area contributed by atoms with Crippen LogP contribution in [0.3, 0.4) is 0 Å². The highest BCUT2D eigenvalue weighted by Crippen LogP contribution is 2.40. The van der Waals surface area contributed by atoms with Gasteiger partial charge in [-0.15, -0.1) is 0 Å². The minimum atomic E-state index is 1.03. The molecule has 2 saturated carbocycles. The molecule has 0 unspecified atom stereocenters. The van der Waals surface area contributed by atoms with E-state index in [2.05, 4.69) is 6.92 Å². The van der Waals surface area contributed by atoms with Crippen molar-refractivity contribution in [2.24, 2.45) is 17.8 Å². The fourth-order valence-electron chi connectivity index (χ4n) is 3.19. The van der Waals surface area contributed by atoms with Crippen LogP contribution < -0.4 is 0 Å². The second-order valence-corrected chi connectivity index (χ2v) is 5.06. The lowest BCUT2D eigenvalue weighted by Crippen LogP contribution is -2.18. The first kappa shape index (κ1) is 25.0. The van der Waals surface area contributed by atoms with Gasteiger partial charge in [-0.25, -0.2) is 0 Å². The zero-order valence-electron chi connectivity index (χ0n) is 16.4. The van der Waals surface area contributed by atoms with E-state index in [4.69, 9.17) is 0 Å². The molecular weight excluding hydrogens is 240 g/mol. The van der Waals surface area contributed by atoms with Gasteiger partial charge in [-0.05, 0) is 30.6 Å². The van der Waals surface area contributed by atoms with Crippen molar-refractivity contribution in [2.75, 3.05) is 0 Å². The van der Waals surface area contributed by atoms with Crippen LogP contribution in [0, 0.1) is 17.8 Å². The van der Waals surface area contributed by atoms with Gasteiger partial charge in [0.05, 0.1) is 0 Å². The molecule has 0 atom stereocenters. The molecular formula is C20H46. The molecule has 0 aromatic heterocycles. The average Bonchev–Trinajstić information content (AvgIpc) is 3.10. The van der Waals surface area contributed by atoms with Gasteiger partial charge in [-0.2, -0.15) is 0 Å². The minimum absolute atomic E-state index is 1.03. The molecule has 0 heteroatoms. The van der Waals surface area contributed by atoms with E-state index in [-0.39, 0.29) is 0 Å². The van der Waals surface area contributed by atoms with Gasteiger partial charge in [0.2, 0.25) is 0 Å². The van der Waals surface area contributed by atoms with Crippen molar-refractivity contribution in [3.63, 3.8) is 0 Å². The Morgan fingerprint density at radius 2 is 0.750 bits per heavy atom. The Morgan fingerprint density at radius 3 is 1.10 bits per heavy atom. The summed E-state index contributed by atoms with van der Waals surface area (Å²) in [4.78, 5) is 0. The third-order valence-corrected chi connectivity index (χ3v) is 4.13. The quantitative estimate of drug-likeness (QED) is 0.456. The van der Waals surface area contributed by atoms with Gasteiger partial charge >= 0.3 is 0 Å². The van der Waals surface area contributed by atoms with Crippen LogP contribution in [0.4, 0.5) is 0 Å². The molecule has 0 radical (unpaired) electrons. The molecule has 2 rings (SSSR count). The fraction of sp³-hybridized carbons (Fsp3) is 1.00. The molecule has 0 spiro atoms. The summed E-state index contributed by atoms with van der Waals surface area (Å²) >= 11 is 0. The fourth-order valence-corrected chi connectivity index (χ4v) is 3.19. The van der Waals surface area contributed by atoms with Crippen molar-refractivity contribution >= 4 is 0 Å². The van der Waals surface area contributed by atoms with Crippen molar-refractivity contribution in [1.29, 1.82) is 0 Å². The van der Waals surface area contributed by atoms with E-state index in [1.165, 1.54) is 25.7 Å².